The van der Waals surface area contributed by atoms with Crippen LogP contribution in [0.2, 0.25) is 0 Å². The van der Waals surface area contributed by atoms with E-state index in [-0.39, 0.29) is 5.91 Å². The van der Waals surface area contributed by atoms with Gasteiger partial charge in [-0.05, 0) is 36.6 Å². The molecule has 1 aromatic carbocycles. The predicted molar refractivity (Wildman–Crippen MR) is 93.6 cm³/mol. The largest absolute Gasteiger partial charge is 0.497 e. The van der Waals surface area contributed by atoms with E-state index in [1.807, 2.05) is 12.1 Å². The number of rotatable bonds is 8. The molecular formula is C18H22N4O3. The van der Waals surface area contributed by atoms with E-state index in [4.69, 9.17) is 9.47 Å². The fourth-order valence-electron chi connectivity index (χ4n) is 2.56. The Labute approximate surface area is 146 Å². The van der Waals surface area contributed by atoms with Gasteiger partial charge in [-0.3, -0.25) is 4.79 Å². The van der Waals surface area contributed by atoms with Gasteiger partial charge in [0, 0.05) is 31.1 Å². The van der Waals surface area contributed by atoms with Gasteiger partial charge < -0.3 is 19.4 Å². The maximum absolute atomic E-state index is 12.0. The minimum atomic E-state index is -0.153. The van der Waals surface area contributed by atoms with Crippen LogP contribution in [0.4, 0.5) is 0 Å². The fourth-order valence-corrected chi connectivity index (χ4v) is 2.56. The van der Waals surface area contributed by atoms with Gasteiger partial charge in [-0.15, -0.1) is 10.2 Å². The summed E-state index contributed by atoms with van der Waals surface area (Å²) in [5, 5.41) is 10.9. The molecule has 0 unspecified atom stereocenters. The second-order valence-electron chi connectivity index (χ2n) is 5.91. The van der Waals surface area contributed by atoms with Gasteiger partial charge in [-0.25, -0.2) is 0 Å². The number of hydrogen-bond acceptors (Lipinski definition) is 5. The first-order valence-electron chi connectivity index (χ1n) is 8.27. The Hall–Kier alpha value is -2.83. The van der Waals surface area contributed by atoms with Crippen molar-refractivity contribution in [2.75, 3.05) is 20.8 Å². The Morgan fingerprint density at radius 1 is 1.28 bits per heavy atom. The molecule has 1 heterocycles. The number of carbonyl (C=O) groups is 1. The summed E-state index contributed by atoms with van der Waals surface area (Å²) in [6, 6.07) is 6.01. The second-order valence-corrected chi connectivity index (χ2v) is 5.91. The van der Waals surface area contributed by atoms with E-state index in [0.29, 0.717) is 30.5 Å². The molecule has 1 fully saturated rings. The van der Waals surface area contributed by atoms with Gasteiger partial charge in [0.25, 0.3) is 0 Å². The van der Waals surface area contributed by atoms with Gasteiger partial charge >= 0.3 is 0 Å². The summed E-state index contributed by atoms with van der Waals surface area (Å²) in [5.74, 6) is 2.13. The van der Waals surface area contributed by atoms with E-state index >= 15 is 0 Å². The molecule has 7 heteroatoms. The highest BCUT2D eigenvalue weighted by Crippen LogP contribution is 2.35. The van der Waals surface area contributed by atoms with Crippen LogP contribution in [-0.2, 0) is 11.2 Å². The molecule has 1 aliphatic rings. The van der Waals surface area contributed by atoms with Crippen LogP contribution in [-0.4, -0.2) is 41.4 Å². The van der Waals surface area contributed by atoms with Crippen LogP contribution in [0.5, 0.6) is 11.5 Å². The topological polar surface area (TPSA) is 78.3 Å². The summed E-state index contributed by atoms with van der Waals surface area (Å²) in [5.41, 5.74) is 0.833. The van der Waals surface area contributed by atoms with Crippen molar-refractivity contribution in [1.29, 1.82) is 0 Å². The van der Waals surface area contributed by atoms with Gasteiger partial charge in [0.05, 0.1) is 14.2 Å². The number of hydrogen-bond donors (Lipinski definition) is 1. The molecule has 1 N–H and O–H groups in total. The fraction of sp³-hybridized carbons (Fsp3) is 0.389. The van der Waals surface area contributed by atoms with Crippen molar-refractivity contribution in [3.63, 3.8) is 0 Å². The van der Waals surface area contributed by atoms with Crippen LogP contribution >= 0.6 is 0 Å². The third-order valence-electron chi connectivity index (χ3n) is 4.04. The van der Waals surface area contributed by atoms with E-state index in [2.05, 4.69) is 20.1 Å². The lowest BCUT2D eigenvalue weighted by Gasteiger charge is -2.06. The molecule has 0 bridgehead atoms. The van der Waals surface area contributed by atoms with Crippen molar-refractivity contribution in [2.24, 2.45) is 0 Å². The number of carbonyl (C=O) groups excluding carboxylic acids is 1. The Bertz CT molecular complexity index is 743. The molecular weight excluding hydrogens is 320 g/mol. The van der Waals surface area contributed by atoms with E-state index < -0.39 is 0 Å². The Morgan fingerprint density at radius 3 is 2.64 bits per heavy atom. The van der Waals surface area contributed by atoms with E-state index in [0.717, 1.165) is 11.4 Å². The van der Waals surface area contributed by atoms with Crippen molar-refractivity contribution in [3.8, 4) is 11.5 Å². The predicted octanol–water partition coefficient (Wildman–Crippen LogP) is 2.00. The van der Waals surface area contributed by atoms with Crippen molar-refractivity contribution in [1.82, 2.24) is 20.1 Å². The monoisotopic (exact) mass is 342 g/mol. The number of nitrogens with zero attached hydrogens (tertiary/aromatic N) is 3. The zero-order chi connectivity index (χ0) is 17.6. The lowest BCUT2D eigenvalue weighted by Crippen LogP contribution is -2.24. The minimum Gasteiger partial charge on any atom is -0.497 e. The normalized spacial score (nSPS) is 13.8. The van der Waals surface area contributed by atoms with Gasteiger partial charge in [-0.1, -0.05) is 0 Å². The summed E-state index contributed by atoms with van der Waals surface area (Å²) in [6.07, 6.45) is 8.04. The SMILES string of the molecule is COc1cc(/C=C\C(=O)NCCc2nncn2C2CC2)cc(OC)c1. The molecule has 0 saturated heterocycles. The molecule has 25 heavy (non-hydrogen) atoms. The molecule has 0 spiro atoms. The average molecular weight is 342 g/mol. The molecule has 1 aliphatic carbocycles. The van der Waals surface area contributed by atoms with Crippen molar-refractivity contribution in [2.45, 2.75) is 25.3 Å². The van der Waals surface area contributed by atoms with Crippen LogP contribution < -0.4 is 14.8 Å². The standard InChI is InChI=1S/C18H22N4O3/c1-24-15-9-13(10-16(11-15)25-2)3-6-18(23)19-8-7-17-21-20-12-22(17)14-4-5-14/h3,6,9-12,14H,4-5,7-8H2,1-2H3,(H,19,23)/b6-3-. The van der Waals surface area contributed by atoms with Crippen LogP contribution in [0.1, 0.15) is 30.3 Å². The highest BCUT2D eigenvalue weighted by Gasteiger charge is 2.25. The lowest BCUT2D eigenvalue weighted by atomic mass is 10.2. The molecule has 1 aromatic heterocycles. The molecule has 1 amide bonds. The average Bonchev–Trinajstić information content (AvgIpc) is 3.38. The van der Waals surface area contributed by atoms with Gasteiger partial charge in [0.1, 0.15) is 23.7 Å². The molecule has 132 valence electrons. The van der Waals surface area contributed by atoms with E-state index in [1.54, 1.807) is 32.7 Å². The zero-order valence-corrected chi connectivity index (χ0v) is 14.4. The zero-order valence-electron chi connectivity index (χ0n) is 14.4. The second kappa shape index (κ2) is 7.83. The Morgan fingerprint density at radius 2 is 2.00 bits per heavy atom. The number of amides is 1. The first-order chi connectivity index (χ1) is 12.2. The van der Waals surface area contributed by atoms with Crippen molar-refractivity contribution < 1.29 is 14.3 Å². The Balaban J connectivity index is 1.52. The van der Waals surface area contributed by atoms with Gasteiger partial charge in [0.2, 0.25) is 5.91 Å². The summed E-state index contributed by atoms with van der Waals surface area (Å²) in [4.78, 5) is 12.0. The van der Waals surface area contributed by atoms with Crippen molar-refractivity contribution >= 4 is 12.0 Å². The molecule has 2 aromatic rings. The highest BCUT2D eigenvalue weighted by atomic mass is 16.5. The van der Waals surface area contributed by atoms with E-state index in [9.17, 15) is 4.79 Å². The summed E-state index contributed by atoms with van der Waals surface area (Å²) in [7, 11) is 3.19. The number of nitrogens with one attached hydrogen (secondary N) is 1. The van der Waals surface area contributed by atoms with Crippen LogP contribution in [0.15, 0.2) is 30.6 Å². The smallest absolute Gasteiger partial charge is 0.244 e. The third-order valence-corrected chi connectivity index (χ3v) is 4.04. The summed E-state index contributed by atoms with van der Waals surface area (Å²) in [6.45, 7) is 0.524. The molecule has 7 nitrogen and oxygen atoms in total. The Kier molecular flexibility index (Phi) is 5.33. The maximum atomic E-state index is 12.0. The minimum absolute atomic E-state index is 0.153. The first kappa shape index (κ1) is 17.0. The molecule has 0 atom stereocenters. The summed E-state index contributed by atoms with van der Waals surface area (Å²) >= 11 is 0. The molecule has 0 radical (unpaired) electrons. The number of methoxy groups -OCH3 is 2. The maximum Gasteiger partial charge on any atom is 0.244 e. The highest BCUT2D eigenvalue weighted by molar-refractivity contribution is 5.91. The van der Waals surface area contributed by atoms with Crippen LogP contribution in [0.3, 0.4) is 0 Å². The quantitative estimate of drug-likeness (QED) is 0.743. The number of benzene rings is 1. The summed E-state index contributed by atoms with van der Waals surface area (Å²) < 4.78 is 12.5. The van der Waals surface area contributed by atoms with Crippen LogP contribution in [0, 0.1) is 0 Å². The third kappa shape index (κ3) is 4.59. The number of aromatic nitrogens is 3. The molecule has 0 aliphatic heterocycles. The lowest BCUT2D eigenvalue weighted by molar-refractivity contribution is -0.116. The van der Waals surface area contributed by atoms with Crippen molar-refractivity contribution in [3.05, 3.63) is 42.0 Å². The van der Waals surface area contributed by atoms with E-state index in [1.165, 1.54) is 18.9 Å². The van der Waals surface area contributed by atoms with Crippen LogP contribution in [0.25, 0.3) is 6.08 Å². The van der Waals surface area contributed by atoms with Gasteiger partial charge in [-0.2, -0.15) is 0 Å². The molecule has 1 saturated carbocycles. The number of ether oxygens (including phenoxy) is 2. The molecule has 3 rings (SSSR count). The van der Waals surface area contributed by atoms with Gasteiger partial charge in [0.15, 0.2) is 0 Å². The first-order valence-corrected chi connectivity index (χ1v) is 8.27.